The summed E-state index contributed by atoms with van der Waals surface area (Å²) in [6, 6.07) is 18.6. The minimum Gasteiger partial charge on any atom is -0.284 e. The van der Waals surface area contributed by atoms with Gasteiger partial charge < -0.3 is 0 Å². The molecule has 2 aromatic rings. The van der Waals surface area contributed by atoms with E-state index in [4.69, 9.17) is 0 Å². The van der Waals surface area contributed by atoms with Crippen LogP contribution in [0.15, 0.2) is 60.7 Å². The predicted molar refractivity (Wildman–Crippen MR) is 130 cm³/mol. The Labute approximate surface area is 197 Å². The largest absolute Gasteiger partial charge is 0.325 e. The van der Waals surface area contributed by atoms with E-state index in [1.54, 1.807) is 19.6 Å². The van der Waals surface area contributed by atoms with Crippen molar-refractivity contribution in [2.75, 3.05) is 23.5 Å². The third kappa shape index (κ3) is 2.44. The molecular weight excluding hydrogens is 457 g/mol. The molecule has 10 heteroatoms. The smallest absolute Gasteiger partial charge is 0.284 e. The summed E-state index contributed by atoms with van der Waals surface area (Å²) in [5.41, 5.74) is -0.850. The first-order chi connectivity index (χ1) is 14.6. The zero-order valence-electron chi connectivity index (χ0n) is 16.0. The molecule has 0 saturated carbocycles. The Hall–Kier alpha value is -1.62. The van der Waals surface area contributed by atoms with Crippen LogP contribution in [0.4, 0.5) is 9.59 Å². The molecule has 0 unspecified atom stereocenters. The molecule has 0 aliphatic carbocycles. The number of nitrogens with zero attached hydrogens (tertiary/aromatic N) is 4. The van der Waals surface area contributed by atoms with E-state index < -0.39 is 11.3 Å². The number of rotatable bonds is 6. The topological polar surface area (TPSA) is 47.1 Å². The fourth-order valence-corrected chi connectivity index (χ4v) is 6.21. The summed E-state index contributed by atoms with van der Waals surface area (Å²) in [5, 5.41) is 0. The van der Waals surface area contributed by atoms with E-state index in [0.29, 0.717) is 0 Å². The van der Waals surface area contributed by atoms with Crippen molar-refractivity contribution in [2.24, 2.45) is 0 Å². The summed E-state index contributed by atoms with van der Waals surface area (Å²) in [6.07, 6.45) is 0. The van der Waals surface area contributed by atoms with Gasteiger partial charge in [-0.1, -0.05) is 60.7 Å². The molecule has 2 aliphatic heterocycles. The zero-order valence-corrected chi connectivity index (χ0v) is 19.6. The van der Waals surface area contributed by atoms with Crippen molar-refractivity contribution >= 4 is 62.6 Å². The highest BCUT2D eigenvalue weighted by Crippen LogP contribution is 2.62. The molecule has 2 aliphatic rings. The normalized spacial score (nSPS) is 26.0. The molecule has 2 fully saturated rings. The Morgan fingerprint density at radius 3 is 1.03 bits per heavy atom. The van der Waals surface area contributed by atoms with Gasteiger partial charge in [-0.3, -0.25) is 19.6 Å². The molecular formula is C20H22N4O2S4. The number of carbonyl (C=O) groups excluding carboxylic acids is 2. The highest BCUT2D eigenvalue weighted by atomic mass is 32.1. The van der Waals surface area contributed by atoms with Crippen LogP contribution in [0.1, 0.15) is 11.1 Å². The van der Waals surface area contributed by atoms with Crippen molar-refractivity contribution in [3.05, 3.63) is 71.8 Å². The molecule has 6 nitrogen and oxygen atoms in total. The van der Waals surface area contributed by atoms with Crippen LogP contribution in [-0.2, 0) is 11.3 Å². The summed E-state index contributed by atoms with van der Waals surface area (Å²) in [7, 11) is 0. The van der Waals surface area contributed by atoms with E-state index >= 15 is 0 Å². The number of thiol groups is 4. The molecule has 0 radical (unpaired) electrons. The molecule has 4 amide bonds. The minimum absolute atomic E-state index is 0.102. The van der Waals surface area contributed by atoms with Crippen LogP contribution in [0.5, 0.6) is 0 Å². The SMILES string of the molecule is O=C1N(CS)C2(c3ccccc3)N(CS)C(=O)N(CS)C2(c2ccccc2)N1CS. The average molecular weight is 479 g/mol. The lowest BCUT2D eigenvalue weighted by Gasteiger charge is -2.49. The number of hydrogen-bond donors (Lipinski definition) is 4. The first-order valence-corrected chi connectivity index (χ1v) is 11.8. The average Bonchev–Trinajstić information content (AvgIpc) is 3.14. The van der Waals surface area contributed by atoms with E-state index in [9.17, 15) is 9.59 Å². The molecule has 4 rings (SSSR count). The van der Waals surface area contributed by atoms with Crippen LogP contribution < -0.4 is 0 Å². The lowest BCUT2D eigenvalue weighted by molar-refractivity contribution is -0.0547. The molecule has 158 valence electrons. The molecule has 2 heterocycles. The van der Waals surface area contributed by atoms with Gasteiger partial charge in [0.2, 0.25) is 0 Å². The highest BCUT2D eigenvalue weighted by molar-refractivity contribution is 7.80. The van der Waals surface area contributed by atoms with Gasteiger partial charge in [-0.2, -0.15) is 50.5 Å². The van der Waals surface area contributed by atoms with Gasteiger partial charge in [0.1, 0.15) is 0 Å². The van der Waals surface area contributed by atoms with E-state index in [1.165, 1.54) is 0 Å². The van der Waals surface area contributed by atoms with Crippen LogP contribution in [0.2, 0.25) is 0 Å². The second-order valence-electron chi connectivity index (χ2n) is 6.92. The van der Waals surface area contributed by atoms with E-state index in [1.807, 2.05) is 60.7 Å². The van der Waals surface area contributed by atoms with Crippen molar-refractivity contribution < 1.29 is 9.59 Å². The number of fused-ring (bicyclic) bond motifs is 1. The quantitative estimate of drug-likeness (QED) is 0.479. The third-order valence-corrected chi connectivity index (χ3v) is 7.02. The van der Waals surface area contributed by atoms with Crippen LogP contribution in [0.25, 0.3) is 0 Å². The van der Waals surface area contributed by atoms with Crippen molar-refractivity contribution in [2.45, 2.75) is 11.3 Å². The van der Waals surface area contributed by atoms with Crippen molar-refractivity contribution in [1.82, 2.24) is 19.6 Å². The molecule has 0 bridgehead atoms. The van der Waals surface area contributed by atoms with Crippen LogP contribution in [0, 0.1) is 0 Å². The van der Waals surface area contributed by atoms with Crippen molar-refractivity contribution in [1.29, 1.82) is 0 Å². The summed E-state index contributed by atoms with van der Waals surface area (Å²) in [6.45, 7) is 0. The van der Waals surface area contributed by atoms with Gasteiger partial charge in [0.05, 0.1) is 23.5 Å². The lowest BCUT2D eigenvalue weighted by atomic mass is 9.80. The summed E-state index contributed by atoms with van der Waals surface area (Å²) in [4.78, 5) is 33.9. The van der Waals surface area contributed by atoms with Gasteiger partial charge in [0, 0.05) is 11.1 Å². The number of amides is 4. The summed E-state index contributed by atoms with van der Waals surface area (Å²) >= 11 is 18.0. The Bertz CT molecular complexity index is 841. The predicted octanol–water partition coefficient (Wildman–Crippen LogP) is 3.72. The van der Waals surface area contributed by atoms with E-state index in [-0.39, 0.29) is 35.6 Å². The van der Waals surface area contributed by atoms with Gasteiger partial charge in [0.15, 0.2) is 11.3 Å². The molecule has 0 spiro atoms. The molecule has 0 aromatic heterocycles. The maximum absolute atomic E-state index is 13.7. The Morgan fingerprint density at radius 1 is 0.533 bits per heavy atom. The fourth-order valence-electron chi connectivity index (χ4n) is 4.91. The van der Waals surface area contributed by atoms with Gasteiger partial charge in [-0.05, 0) is 0 Å². The van der Waals surface area contributed by atoms with E-state index in [0.717, 1.165) is 11.1 Å². The number of hydrogen-bond acceptors (Lipinski definition) is 6. The van der Waals surface area contributed by atoms with Gasteiger partial charge >= 0.3 is 12.1 Å². The minimum atomic E-state index is -1.21. The summed E-state index contributed by atoms with van der Waals surface area (Å²) < 4.78 is 0. The van der Waals surface area contributed by atoms with Crippen LogP contribution in [-0.4, -0.2) is 55.2 Å². The number of urea groups is 2. The molecule has 2 aromatic carbocycles. The molecule has 30 heavy (non-hydrogen) atoms. The van der Waals surface area contributed by atoms with Crippen LogP contribution >= 0.6 is 50.5 Å². The van der Waals surface area contributed by atoms with Crippen molar-refractivity contribution in [3.63, 3.8) is 0 Å². The molecule has 0 N–H and O–H groups in total. The van der Waals surface area contributed by atoms with Gasteiger partial charge in [-0.15, -0.1) is 0 Å². The monoisotopic (exact) mass is 478 g/mol. The van der Waals surface area contributed by atoms with Gasteiger partial charge in [0.25, 0.3) is 0 Å². The second kappa shape index (κ2) is 8.14. The maximum atomic E-state index is 13.7. The molecule has 2 saturated heterocycles. The number of carbonyl (C=O) groups is 2. The van der Waals surface area contributed by atoms with E-state index in [2.05, 4.69) is 50.5 Å². The third-order valence-electron chi connectivity index (χ3n) is 5.89. The Morgan fingerprint density at radius 2 is 0.800 bits per heavy atom. The van der Waals surface area contributed by atoms with Crippen LogP contribution in [0.3, 0.4) is 0 Å². The first kappa shape index (κ1) is 21.6. The highest BCUT2D eigenvalue weighted by Gasteiger charge is 2.79. The van der Waals surface area contributed by atoms with Gasteiger partial charge in [-0.25, -0.2) is 9.59 Å². The van der Waals surface area contributed by atoms with Crippen molar-refractivity contribution in [3.8, 4) is 0 Å². The first-order valence-electron chi connectivity index (χ1n) is 9.30. The standard InChI is InChI=1S/C20H22N4O2S4/c25-17-21(11-27)19(15-7-3-1-4-8-15)20(23(17)13-29,16-9-5-2-6-10-16)24(14-30)18(26)22(19)12-28/h1-10,27-30H,11-14H2. The Balaban J connectivity index is 2.21. The maximum Gasteiger partial charge on any atom is 0.325 e. The summed E-state index contributed by atoms with van der Waals surface area (Å²) in [5.74, 6) is 0.407. The fraction of sp³-hybridized carbons (Fsp3) is 0.300. The Kier molecular flexibility index (Phi) is 5.86. The second-order valence-corrected chi connectivity index (χ2v) is 8.05. The molecule has 0 atom stereocenters. The lowest BCUT2D eigenvalue weighted by Crippen LogP contribution is -2.63. The number of benzene rings is 2. The zero-order chi connectivity index (χ0) is 21.5.